The van der Waals surface area contributed by atoms with E-state index in [1.54, 1.807) is 17.7 Å². The highest BCUT2D eigenvalue weighted by Gasteiger charge is 2.29. The highest BCUT2D eigenvalue weighted by Crippen LogP contribution is 2.34. The number of benzene rings is 1. The van der Waals surface area contributed by atoms with E-state index in [2.05, 4.69) is 20.6 Å². The number of fused-ring (bicyclic) bond motifs is 2. The minimum absolute atomic E-state index is 0.0759. The molecule has 22 heavy (non-hydrogen) atoms. The molecule has 0 bridgehead atoms. The van der Waals surface area contributed by atoms with E-state index in [1.165, 1.54) is 0 Å². The number of aromatic nitrogens is 2. The minimum Gasteiger partial charge on any atom is -0.369 e. The molecule has 0 fully saturated rings. The van der Waals surface area contributed by atoms with E-state index in [1.807, 2.05) is 35.7 Å². The first kappa shape index (κ1) is 13.2. The van der Waals surface area contributed by atoms with Gasteiger partial charge in [-0.25, -0.2) is 9.97 Å². The molecule has 2 N–H and O–H groups in total. The van der Waals surface area contributed by atoms with Gasteiger partial charge in [0.1, 0.15) is 12.1 Å². The average molecular weight is 310 g/mol. The van der Waals surface area contributed by atoms with Crippen molar-refractivity contribution in [2.75, 3.05) is 17.2 Å². The van der Waals surface area contributed by atoms with E-state index in [4.69, 9.17) is 0 Å². The summed E-state index contributed by atoms with van der Waals surface area (Å²) in [6, 6.07) is 9.85. The van der Waals surface area contributed by atoms with Gasteiger partial charge < -0.3 is 10.6 Å². The molecule has 0 radical (unpaired) electrons. The molecule has 110 valence electrons. The molecule has 0 spiro atoms. The van der Waals surface area contributed by atoms with Crippen molar-refractivity contribution in [3.05, 3.63) is 47.6 Å². The molecular formula is C16H14N4OS. The second-order valence-corrected chi connectivity index (χ2v) is 6.12. The van der Waals surface area contributed by atoms with Gasteiger partial charge in [0, 0.05) is 12.2 Å². The Hall–Kier alpha value is -2.47. The van der Waals surface area contributed by atoms with Crippen molar-refractivity contribution in [1.82, 2.24) is 9.97 Å². The van der Waals surface area contributed by atoms with Crippen LogP contribution < -0.4 is 10.6 Å². The standard InChI is InChI=1S/C16H14N4OS/c21-16-11(10-3-1-2-4-12(10)20-16)5-7-17-15-14-13(6-8-22-14)18-9-19-15/h1-4,6,8-9,11H,5,7H2,(H,20,21)(H,17,18,19)/t11-/m1/s1. The quantitative estimate of drug-likeness (QED) is 0.776. The van der Waals surface area contributed by atoms with Crippen LogP contribution in [-0.4, -0.2) is 22.4 Å². The van der Waals surface area contributed by atoms with Crippen LogP contribution in [0.3, 0.4) is 0 Å². The Kier molecular flexibility index (Phi) is 3.23. The van der Waals surface area contributed by atoms with Crippen molar-refractivity contribution in [2.45, 2.75) is 12.3 Å². The number of nitrogens with one attached hydrogen (secondary N) is 2. The lowest BCUT2D eigenvalue weighted by atomic mass is 9.97. The molecule has 0 unspecified atom stereocenters. The third-order valence-corrected chi connectivity index (χ3v) is 4.79. The Balaban J connectivity index is 1.48. The number of carbonyl (C=O) groups excluding carboxylic acids is 1. The van der Waals surface area contributed by atoms with Crippen molar-refractivity contribution in [1.29, 1.82) is 0 Å². The van der Waals surface area contributed by atoms with Crippen molar-refractivity contribution < 1.29 is 4.79 Å². The topological polar surface area (TPSA) is 66.9 Å². The van der Waals surface area contributed by atoms with Gasteiger partial charge >= 0.3 is 0 Å². The summed E-state index contributed by atoms with van der Waals surface area (Å²) < 4.78 is 1.05. The van der Waals surface area contributed by atoms with Crippen LogP contribution in [0.1, 0.15) is 17.9 Å². The van der Waals surface area contributed by atoms with Crippen molar-refractivity contribution in [2.24, 2.45) is 0 Å². The number of thiophene rings is 1. The van der Waals surface area contributed by atoms with E-state index in [0.29, 0.717) is 6.54 Å². The van der Waals surface area contributed by atoms with Gasteiger partial charge in [0.15, 0.2) is 0 Å². The zero-order valence-corrected chi connectivity index (χ0v) is 12.6. The third-order valence-electron chi connectivity index (χ3n) is 3.88. The highest BCUT2D eigenvalue weighted by atomic mass is 32.1. The van der Waals surface area contributed by atoms with Crippen LogP contribution in [0, 0.1) is 0 Å². The summed E-state index contributed by atoms with van der Waals surface area (Å²) in [6.07, 6.45) is 2.30. The smallest absolute Gasteiger partial charge is 0.232 e. The highest BCUT2D eigenvalue weighted by molar-refractivity contribution is 7.17. The van der Waals surface area contributed by atoms with Gasteiger partial charge in [0.25, 0.3) is 0 Å². The fourth-order valence-corrected chi connectivity index (χ4v) is 3.62. The monoisotopic (exact) mass is 310 g/mol. The van der Waals surface area contributed by atoms with Gasteiger partial charge in [-0.2, -0.15) is 0 Å². The maximum Gasteiger partial charge on any atom is 0.232 e. The maximum absolute atomic E-state index is 12.1. The van der Waals surface area contributed by atoms with E-state index < -0.39 is 0 Å². The summed E-state index contributed by atoms with van der Waals surface area (Å²) in [7, 11) is 0. The summed E-state index contributed by atoms with van der Waals surface area (Å²) in [6.45, 7) is 0.691. The molecule has 1 aromatic carbocycles. The Morgan fingerprint density at radius 3 is 3.09 bits per heavy atom. The molecule has 6 heteroatoms. The lowest BCUT2D eigenvalue weighted by Gasteiger charge is -2.10. The number of nitrogens with zero attached hydrogens (tertiary/aromatic N) is 2. The van der Waals surface area contributed by atoms with E-state index in [0.717, 1.165) is 33.7 Å². The Labute approximate surface area is 131 Å². The first-order chi connectivity index (χ1) is 10.8. The van der Waals surface area contributed by atoms with Crippen LogP contribution in [0.25, 0.3) is 10.2 Å². The second-order valence-electron chi connectivity index (χ2n) is 5.20. The van der Waals surface area contributed by atoms with Gasteiger partial charge in [-0.1, -0.05) is 18.2 Å². The van der Waals surface area contributed by atoms with E-state index in [-0.39, 0.29) is 11.8 Å². The van der Waals surface area contributed by atoms with Gasteiger partial charge in [0.05, 0.1) is 16.1 Å². The summed E-state index contributed by atoms with van der Waals surface area (Å²) in [5.41, 5.74) is 2.96. The van der Waals surface area contributed by atoms with E-state index in [9.17, 15) is 4.79 Å². The molecule has 0 saturated carbocycles. The number of rotatable bonds is 4. The van der Waals surface area contributed by atoms with Crippen molar-refractivity contribution in [3.63, 3.8) is 0 Å². The predicted molar refractivity (Wildman–Crippen MR) is 88.3 cm³/mol. The Bertz CT molecular complexity index is 845. The molecule has 0 aliphatic carbocycles. The van der Waals surface area contributed by atoms with Crippen LogP contribution >= 0.6 is 11.3 Å². The fraction of sp³-hybridized carbons (Fsp3) is 0.188. The first-order valence-corrected chi connectivity index (χ1v) is 8.03. The molecule has 2 aromatic heterocycles. The lowest BCUT2D eigenvalue weighted by Crippen LogP contribution is -2.16. The number of carbonyl (C=O) groups is 1. The number of anilines is 2. The maximum atomic E-state index is 12.1. The van der Waals surface area contributed by atoms with Gasteiger partial charge in [0.2, 0.25) is 5.91 Å². The molecular weight excluding hydrogens is 296 g/mol. The molecule has 3 aromatic rings. The average Bonchev–Trinajstić information content (AvgIpc) is 3.12. The number of hydrogen-bond donors (Lipinski definition) is 2. The van der Waals surface area contributed by atoms with Crippen LogP contribution in [0.4, 0.5) is 11.5 Å². The molecule has 1 aliphatic heterocycles. The second kappa shape index (κ2) is 5.38. The predicted octanol–water partition coefficient (Wildman–Crippen LogP) is 3.23. The summed E-state index contributed by atoms with van der Waals surface area (Å²) in [4.78, 5) is 20.6. The first-order valence-electron chi connectivity index (χ1n) is 7.15. The SMILES string of the molecule is O=C1Nc2ccccc2[C@H]1CCNc1ncnc2ccsc12. The molecule has 1 aliphatic rings. The lowest BCUT2D eigenvalue weighted by molar-refractivity contribution is -0.117. The van der Waals surface area contributed by atoms with Crippen LogP contribution in [0.5, 0.6) is 0 Å². The molecule has 1 amide bonds. The number of para-hydroxylation sites is 1. The summed E-state index contributed by atoms with van der Waals surface area (Å²) >= 11 is 1.62. The zero-order chi connectivity index (χ0) is 14.9. The van der Waals surface area contributed by atoms with Gasteiger partial charge in [-0.05, 0) is 29.5 Å². The molecule has 4 rings (SSSR count). The van der Waals surface area contributed by atoms with Crippen LogP contribution in [0.15, 0.2) is 42.0 Å². The van der Waals surface area contributed by atoms with Gasteiger partial charge in [-0.15, -0.1) is 11.3 Å². The normalized spacial score (nSPS) is 16.5. The summed E-state index contributed by atoms with van der Waals surface area (Å²) in [5, 5.41) is 8.27. The zero-order valence-electron chi connectivity index (χ0n) is 11.7. The van der Waals surface area contributed by atoms with Crippen molar-refractivity contribution in [3.8, 4) is 0 Å². The molecule has 0 saturated heterocycles. The molecule has 3 heterocycles. The molecule has 5 nitrogen and oxygen atoms in total. The third kappa shape index (κ3) is 2.21. The van der Waals surface area contributed by atoms with E-state index >= 15 is 0 Å². The fourth-order valence-electron chi connectivity index (χ4n) is 2.81. The molecule has 1 atom stereocenters. The minimum atomic E-state index is -0.0932. The number of amides is 1. The Morgan fingerprint density at radius 2 is 2.14 bits per heavy atom. The van der Waals surface area contributed by atoms with Gasteiger partial charge in [-0.3, -0.25) is 4.79 Å². The van der Waals surface area contributed by atoms with Crippen LogP contribution in [-0.2, 0) is 4.79 Å². The van der Waals surface area contributed by atoms with Crippen molar-refractivity contribution >= 4 is 39.0 Å². The largest absolute Gasteiger partial charge is 0.369 e. The summed E-state index contributed by atoms with van der Waals surface area (Å²) in [5.74, 6) is 0.822. The Morgan fingerprint density at radius 1 is 1.23 bits per heavy atom. The van der Waals surface area contributed by atoms with Crippen LogP contribution in [0.2, 0.25) is 0 Å². The number of hydrogen-bond acceptors (Lipinski definition) is 5.